The molecular weight excluding hydrogens is 608 g/mol. The zero-order valence-corrected chi connectivity index (χ0v) is 25.3. The molecule has 6 aromatic carbocycles. The topological polar surface area (TPSA) is 175 Å². The van der Waals surface area contributed by atoms with E-state index in [1.165, 1.54) is 12.1 Å². The standard InChI is InChI=1S/C38H28N4O6/c39-27-19-29(47-25-15-11-23(12-16-25)45-21-7-3-1-4-8-21)35(41)33-31(27)37(43)32-28(40)20-30(36(42)34(32)38(33)44)48-26-17-13-24(14-18-26)46-22-9-5-2-6-10-22/h1-20H,39-42H2. The molecule has 1 aliphatic carbocycles. The highest BCUT2D eigenvalue weighted by molar-refractivity contribution is 6.35. The average molecular weight is 637 g/mol. The summed E-state index contributed by atoms with van der Waals surface area (Å²) in [6.07, 6.45) is 0. The van der Waals surface area contributed by atoms with Crippen molar-refractivity contribution in [2.24, 2.45) is 0 Å². The normalized spacial score (nSPS) is 11.8. The van der Waals surface area contributed by atoms with Crippen LogP contribution in [0.1, 0.15) is 31.8 Å². The quantitative estimate of drug-likeness (QED) is 0.120. The molecule has 0 saturated carbocycles. The van der Waals surface area contributed by atoms with E-state index < -0.39 is 11.6 Å². The molecule has 0 saturated heterocycles. The molecule has 0 amide bonds. The summed E-state index contributed by atoms with van der Waals surface area (Å²) in [6, 6.07) is 35.1. The van der Waals surface area contributed by atoms with Gasteiger partial charge < -0.3 is 41.9 Å². The van der Waals surface area contributed by atoms with Gasteiger partial charge in [-0.2, -0.15) is 0 Å². The van der Waals surface area contributed by atoms with Crippen LogP contribution in [-0.4, -0.2) is 11.6 Å². The molecule has 0 aromatic heterocycles. The molecular formula is C38H28N4O6. The molecule has 10 nitrogen and oxygen atoms in total. The maximum atomic E-state index is 14.1. The molecule has 8 N–H and O–H groups in total. The van der Waals surface area contributed by atoms with E-state index in [2.05, 4.69) is 0 Å². The van der Waals surface area contributed by atoms with Crippen molar-refractivity contribution in [3.8, 4) is 46.0 Å². The van der Waals surface area contributed by atoms with E-state index in [4.69, 9.17) is 41.9 Å². The fourth-order valence-corrected chi connectivity index (χ4v) is 5.42. The van der Waals surface area contributed by atoms with Crippen molar-refractivity contribution in [3.05, 3.63) is 144 Å². The number of nitrogens with two attached hydrogens (primary N) is 4. The van der Waals surface area contributed by atoms with E-state index in [9.17, 15) is 9.59 Å². The van der Waals surface area contributed by atoms with E-state index in [-0.39, 0.29) is 56.5 Å². The smallest absolute Gasteiger partial charge is 0.199 e. The molecule has 0 radical (unpaired) electrons. The van der Waals surface area contributed by atoms with Crippen LogP contribution in [0.15, 0.2) is 121 Å². The molecule has 0 aliphatic heterocycles. The monoisotopic (exact) mass is 636 g/mol. The molecule has 0 unspecified atom stereocenters. The third-order valence-electron chi connectivity index (χ3n) is 7.69. The minimum atomic E-state index is -0.637. The first-order chi connectivity index (χ1) is 23.3. The summed E-state index contributed by atoms with van der Waals surface area (Å²) in [4.78, 5) is 27.9. The first-order valence-electron chi connectivity index (χ1n) is 14.8. The molecule has 0 bridgehead atoms. The van der Waals surface area contributed by atoms with Gasteiger partial charge >= 0.3 is 0 Å². The second-order valence-electron chi connectivity index (χ2n) is 10.9. The lowest BCUT2D eigenvalue weighted by atomic mass is 9.80. The summed E-state index contributed by atoms with van der Waals surface area (Å²) in [6.45, 7) is 0. The van der Waals surface area contributed by atoms with Crippen molar-refractivity contribution in [3.63, 3.8) is 0 Å². The van der Waals surface area contributed by atoms with Crippen LogP contribution >= 0.6 is 0 Å². The first-order valence-corrected chi connectivity index (χ1v) is 14.8. The SMILES string of the molecule is Nc1cc(Oc2ccc(Oc3ccccc3)cc2)c(N)c2c1C(=O)c1c(N)cc(Oc3ccc(Oc4ccccc4)cc3)c(N)c1C2=O. The molecule has 10 heteroatoms. The molecule has 0 heterocycles. The zero-order valence-electron chi connectivity index (χ0n) is 25.3. The van der Waals surface area contributed by atoms with Gasteiger partial charge in [0.15, 0.2) is 23.1 Å². The summed E-state index contributed by atoms with van der Waals surface area (Å²) < 4.78 is 23.7. The van der Waals surface area contributed by atoms with Crippen LogP contribution in [-0.2, 0) is 0 Å². The fourth-order valence-electron chi connectivity index (χ4n) is 5.42. The molecule has 48 heavy (non-hydrogen) atoms. The van der Waals surface area contributed by atoms with Gasteiger partial charge in [-0.05, 0) is 72.8 Å². The Hall–Kier alpha value is -6.94. The number of hydrogen-bond acceptors (Lipinski definition) is 10. The zero-order chi connectivity index (χ0) is 33.4. The number of rotatable bonds is 8. The number of anilines is 4. The number of fused-ring (bicyclic) bond motifs is 2. The van der Waals surface area contributed by atoms with Gasteiger partial charge in [0, 0.05) is 23.5 Å². The Labute approximate surface area is 275 Å². The van der Waals surface area contributed by atoms with Gasteiger partial charge in [-0.25, -0.2) is 0 Å². The molecule has 0 atom stereocenters. The van der Waals surface area contributed by atoms with Crippen molar-refractivity contribution < 1.29 is 28.5 Å². The summed E-state index contributed by atoms with van der Waals surface area (Å²) in [5, 5.41) is 0. The number of ketones is 2. The molecule has 7 rings (SSSR count). The predicted molar refractivity (Wildman–Crippen MR) is 183 cm³/mol. The Morgan fingerprint density at radius 1 is 0.354 bits per heavy atom. The lowest BCUT2D eigenvalue weighted by Gasteiger charge is -2.25. The highest BCUT2D eigenvalue weighted by Gasteiger charge is 2.38. The lowest BCUT2D eigenvalue weighted by molar-refractivity contribution is 0.0981. The van der Waals surface area contributed by atoms with Crippen molar-refractivity contribution in [1.82, 2.24) is 0 Å². The Balaban J connectivity index is 1.16. The number of carbonyl (C=O) groups is 2. The van der Waals surface area contributed by atoms with Gasteiger partial charge in [0.2, 0.25) is 0 Å². The minimum Gasteiger partial charge on any atom is -0.457 e. The van der Waals surface area contributed by atoms with Crippen molar-refractivity contribution in [2.75, 3.05) is 22.9 Å². The molecule has 1 aliphatic rings. The van der Waals surface area contributed by atoms with Gasteiger partial charge in [0.1, 0.15) is 34.5 Å². The van der Waals surface area contributed by atoms with Crippen LogP contribution in [0.25, 0.3) is 0 Å². The third-order valence-corrected chi connectivity index (χ3v) is 7.69. The Bertz CT molecular complexity index is 2030. The largest absolute Gasteiger partial charge is 0.457 e. The molecule has 0 spiro atoms. The Morgan fingerprint density at radius 2 is 0.646 bits per heavy atom. The van der Waals surface area contributed by atoms with Crippen LogP contribution in [0.4, 0.5) is 22.7 Å². The maximum absolute atomic E-state index is 14.1. The molecule has 236 valence electrons. The Morgan fingerprint density at radius 3 is 1.00 bits per heavy atom. The van der Waals surface area contributed by atoms with Crippen LogP contribution in [0.2, 0.25) is 0 Å². The van der Waals surface area contributed by atoms with E-state index in [0.717, 1.165) is 0 Å². The van der Waals surface area contributed by atoms with Crippen LogP contribution < -0.4 is 41.9 Å². The number of hydrogen-bond donors (Lipinski definition) is 4. The van der Waals surface area contributed by atoms with Gasteiger partial charge in [-0.15, -0.1) is 0 Å². The predicted octanol–water partition coefficient (Wildman–Crippen LogP) is 7.96. The molecule has 0 fully saturated rings. The summed E-state index contributed by atoms with van der Waals surface area (Å²) >= 11 is 0. The summed E-state index contributed by atoms with van der Waals surface area (Å²) in [5.41, 5.74) is 25.1. The first kappa shape index (κ1) is 29.8. The highest BCUT2D eigenvalue weighted by Crippen LogP contribution is 2.46. The van der Waals surface area contributed by atoms with Crippen molar-refractivity contribution in [2.45, 2.75) is 0 Å². The van der Waals surface area contributed by atoms with E-state index >= 15 is 0 Å². The van der Waals surface area contributed by atoms with Crippen LogP contribution in [0, 0.1) is 0 Å². The average Bonchev–Trinajstić information content (AvgIpc) is 3.09. The second-order valence-corrected chi connectivity index (χ2v) is 10.9. The number of benzene rings is 6. The van der Waals surface area contributed by atoms with Gasteiger partial charge in [-0.3, -0.25) is 9.59 Å². The third kappa shape index (κ3) is 5.54. The number of ether oxygens (including phenoxy) is 4. The minimum absolute atomic E-state index is 0.00154. The fraction of sp³-hybridized carbons (Fsp3) is 0. The van der Waals surface area contributed by atoms with Gasteiger partial charge in [0.05, 0.1) is 33.6 Å². The van der Waals surface area contributed by atoms with E-state index in [0.29, 0.717) is 34.5 Å². The second kappa shape index (κ2) is 12.1. The van der Waals surface area contributed by atoms with Crippen LogP contribution in [0.3, 0.4) is 0 Å². The number of nitrogen functional groups attached to an aromatic ring is 4. The lowest BCUT2D eigenvalue weighted by Crippen LogP contribution is -2.26. The van der Waals surface area contributed by atoms with E-state index in [1.807, 2.05) is 60.7 Å². The Kier molecular flexibility index (Phi) is 7.50. The van der Waals surface area contributed by atoms with E-state index in [1.54, 1.807) is 48.5 Å². The number of para-hydroxylation sites is 2. The summed E-state index contributed by atoms with van der Waals surface area (Å²) in [5.74, 6) is 2.29. The molecule has 6 aromatic rings. The van der Waals surface area contributed by atoms with Crippen molar-refractivity contribution in [1.29, 1.82) is 0 Å². The highest BCUT2D eigenvalue weighted by atomic mass is 16.5. The van der Waals surface area contributed by atoms with Gasteiger partial charge in [-0.1, -0.05) is 36.4 Å². The van der Waals surface area contributed by atoms with Gasteiger partial charge in [0.25, 0.3) is 0 Å². The van der Waals surface area contributed by atoms with Crippen molar-refractivity contribution >= 4 is 34.3 Å². The van der Waals surface area contributed by atoms with Crippen LogP contribution in [0.5, 0.6) is 46.0 Å². The summed E-state index contributed by atoms with van der Waals surface area (Å²) in [7, 11) is 0. The maximum Gasteiger partial charge on any atom is 0.199 e. The number of carbonyl (C=O) groups excluding carboxylic acids is 2.